The van der Waals surface area contributed by atoms with Gasteiger partial charge in [-0.2, -0.15) is 0 Å². The molecule has 0 aromatic heterocycles. The maximum atomic E-state index is 12.0. The van der Waals surface area contributed by atoms with Crippen molar-refractivity contribution in [3.63, 3.8) is 0 Å². The van der Waals surface area contributed by atoms with E-state index in [1.54, 1.807) is 14.2 Å². The van der Waals surface area contributed by atoms with Crippen LogP contribution in [0.15, 0.2) is 48.5 Å². The smallest absolute Gasteiger partial charge is 0.220 e. The first-order valence-corrected chi connectivity index (χ1v) is 7.25. The fraction of sp³-hybridized carbons (Fsp3) is 0.278. The molecular formula is C18H21NO3. The molecule has 0 saturated carbocycles. The van der Waals surface area contributed by atoms with Crippen molar-refractivity contribution >= 4 is 5.91 Å². The number of carbonyl (C=O) groups is 1. The van der Waals surface area contributed by atoms with E-state index in [0.29, 0.717) is 24.5 Å². The predicted octanol–water partition coefficient (Wildman–Crippen LogP) is 2.95. The molecule has 116 valence electrons. The van der Waals surface area contributed by atoms with Gasteiger partial charge in [0.1, 0.15) is 0 Å². The number of amides is 1. The lowest BCUT2D eigenvalue weighted by Crippen LogP contribution is -2.23. The zero-order chi connectivity index (χ0) is 15.8. The highest BCUT2D eigenvalue weighted by Crippen LogP contribution is 2.30. The second-order valence-electron chi connectivity index (χ2n) is 4.91. The van der Waals surface area contributed by atoms with Crippen molar-refractivity contribution < 1.29 is 14.3 Å². The van der Waals surface area contributed by atoms with E-state index in [0.717, 1.165) is 17.5 Å². The van der Waals surface area contributed by atoms with Gasteiger partial charge >= 0.3 is 0 Å². The van der Waals surface area contributed by atoms with Gasteiger partial charge in [0.15, 0.2) is 11.5 Å². The number of methoxy groups -OCH3 is 2. The molecule has 0 heterocycles. The molecule has 1 amide bonds. The van der Waals surface area contributed by atoms with Crippen LogP contribution in [0.2, 0.25) is 0 Å². The van der Waals surface area contributed by atoms with E-state index < -0.39 is 0 Å². The summed E-state index contributed by atoms with van der Waals surface area (Å²) in [4.78, 5) is 12.0. The van der Waals surface area contributed by atoms with Crippen LogP contribution in [0.5, 0.6) is 11.5 Å². The summed E-state index contributed by atoms with van der Waals surface area (Å²) in [7, 11) is 3.19. The van der Waals surface area contributed by atoms with E-state index in [-0.39, 0.29) is 5.91 Å². The largest absolute Gasteiger partial charge is 0.493 e. The summed E-state index contributed by atoms with van der Waals surface area (Å²) in [6.45, 7) is 0.425. The molecule has 2 aromatic rings. The third kappa shape index (κ3) is 4.25. The molecule has 22 heavy (non-hydrogen) atoms. The van der Waals surface area contributed by atoms with Crippen LogP contribution in [0.4, 0.5) is 0 Å². The molecule has 0 aliphatic rings. The van der Waals surface area contributed by atoms with Crippen LogP contribution >= 0.6 is 0 Å². The lowest BCUT2D eigenvalue weighted by molar-refractivity contribution is -0.121. The van der Waals surface area contributed by atoms with Gasteiger partial charge in [0.25, 0.3) is 0 Å². The average molecular weight is 299 g/mol. The molecule has 0 bridgehead atoms. The van der Waals surface area contributed by atoms with Crippen LogP contribution < -0.4 is 14.8 Å². The molecule has 0 atom stereocenters. The van der Waals surface area contributed by atoms with E-state index in [2.05, 4.69) is 5.32 Å². The Morgan fingerprint density at radius 3 is 2.45 bits per heavy atom. The second kappa shape index (κ2) is 8.08. The van der Waals surface area contributed by atoms with E-state index >= 15 is 0 Å². The van der Waals surface area contributed by atoms with E-state index in [9.17, 15) is 4.79 Å². The van der Waals surface area contributed by atoms with Crippen molar-refractivity contribution in [3.8, 4) is 11.5 Å². The SMILES string of the molecule is COc1cccc(CNC(=O)CCc2ccccc2)c1OC. The number of para-hydroxylation sites is 1. The highest BCUT2D eigenvalue weighted by molar-refractivity contribution is 5.76. The Hall–Kier alpha value is -2.49. The molecule has 0 aliphatic heterocycles. The highest BCUT2D eigenvalue weighted by atomic mass is 16.5. The molecule has 0 radical (unpaired) electrons. The van der Waals surface area contributed by atoms with Crippen LogP contribution in [-0.2, 0) is 17.8 Å². The number of carbonyl (C=O) groups excluding carboxylic acids is 1. The number of benzene rings is 2. The van der Waals surface area contributed by atoms with Gasteiger partial charge in [-0.25, -0.2) is 0 Å². The van der Waals surface area contributed by atoms with Crippen LogP contribution in [0.1, 0.15) is 17.5 Å². The van der Waals surface area contributed by atoms with Gasteiger partial charge in [-0.15, -0.1) is 0 Å². The Bertz CT molecular complexity index is 611. The van der Waals surface area contributed by atoms with E-state index in [1.165, 1.54) is 0 Å². The topological polar surface area (TPSA) is 47.6 Å². The highest BCUT2D eigenvalue weighted by Gasteiger charge is 2.10. The number of ether oxygens (including phenoxy) is 2. The van der Waals surface area contributed by atoms with Gasteiger partial charge in [-0.1, -0.05) is 42.5 Å². The van der Waals surface area contributed by atoms with Gasteiger partial charge in [-0.3, -0.25) is 4.79 Å². The quantitative estimate of drug-likeness (QED) is 0.855. The second-order valence-corrected chi connectivity index (χ2v) is 4.91. The van der Waals surface area contributed by atoms with Crippen LogP contribution in [-0.4, -0.2) is 20.1 Å². The van der Waals surface area contributed by atoms with Crippen molar-refractivity contribution in [2.75, 3.05) is 14.2 Å². The lowest BCUT2D eigenvalue weighted by atomic mass is 10.1. The first kappa shape index (κ1) is 15.9. The first-order chi connectivity index (χ1) is 10.7. The Morgan fingerprint density at radius 1 is 1.00 bits per heavy atom. The molecule has 4 nitrogen and oxygen atoms in total. The number of hydrogen-bond acceptors (Lipinski definition) is 3. The Morgan fingerprint density at radius 2 is 1.77 bits per heavy atom. The summed E-state index contributed by atoms with van der Waals surface area (Å²) in [5.41, 5.74) is 2.06. The summed E-state index contributed by atoms with van der Waals surface area (Å²) >= 11 is 0. The molecule has 0 unspecified atom stereocenters. The molecule has 2 rings (SSSR count). The van der Waals surface area contributed by atoms with Crippen LogP contribution in [0.25, 0.3) is 0 Å². The molecule has 1 N–H and O–H groups in total. The minimum Gasteiger partial charge on any atom is -0.493 e. The molecule has 0 spiro atoms. The number of hydrogen-bond donors (Lipinski definition) is 1. The molecule has 0 saturated heterocycles. The van der Waals surface area contributed by atoms with Gasteiger partial charge in [0.05, 0.1) is 14.2 Å². The predicted molar refractivity (Wildman–Crippen MR) is 86.2 cm³/mol. The monoisotopic (exact) mass is 299 g/mol. The Kier molecular flexibility index (Phi) is 5.83. The van der Waals surface area contributed by atoms with Crippen LogP contribution in [0, 0.1) is 0 Å². The normalized spacial score (nSPS) is 10.1. The standard InChI is InChI=1S/C18H21NO3/c1-21-16-10-6-9-15(18(16)22-2)13-19-17(20)12-11-14-7-4-3-5-8-14/h3-10H,11-13H2,1-2H3,(H,19,20). The Balaban J connectivity index is 1.88. The van der Waals surface area contributed by atoms with Crippen molar-refractivity contribution in [2.45, 2.75) is 19.4 Å². The summed E-state index contributed by atoms with van der Waals surface area (Å²) in [6.07, 6.45) is 1.21. The van der Waals surface area contributed by atoms with Gasteiger partial charge < -0.3 is 14.8 Å². The zero-order valence-electron chi connectivity index (χ0n) is 13.0. The summed E-state index contributed by atoms with van der Waals surface area (Å²) in [5.74, 6) is 1.35. The van der Waals surface area contributed by atoms with Crippen molar-refractivity contribution in [2.24, 2.45) is 0 Å². The molecule has 2 aromatic carbocycles. The summed E-state index contributed by atoms with van der Waals surface area (Å²) in [6, 6.07) is 15.6. The van der Waals surface area contributed by atoms with Crippen LogP contribution in [0.3, 0.4) is 0 Å². The maximum Gasteiger partial charge on any atom is 0.220 e. The maximum absolute atomic E-state index is 12.0. The molecular weight excluding hydrogens is 278 g/mol. The van der Waals surface area contributed by atoms with E-state index in [1.807, 2.05) is 48.5 Å². The molecule has 4 heteroatoms. The van der Waals surface area contributed by atoms with Gasteiger partial charge in [-0.05, 0) is 18.1 Å². The van der Waals surface area contributed by atoms with Crippen molar-refractivity contribution in [3.05, 3.63) is 59.7 Å². The minimum atomic E-state index is 0.0220. The van der Waals surface area contributed by atoms with Crippen molar-refractivity contribution in [1.82, 2.24) is 5.32 Å². The number of rotatable bonds is 7. The minimum absolute atomic E-state index is 0.0220. The third-order valence-electron chi connectivity index (χ3n) is 3.44. The fourth-order valence-corrected chi connectivity index (χ4v) is 2.28. The third-order valence-corrected chi connectivity index (χ3v) is 3.44. The number of nitrogens with one attached hydrogen (secondary N) is 1. The first-order valence-electron chi connectivity index (χ1n) is 7.25. The Labute approximate surface area is 131 Å². The van der Waals surface area contributed by atoms with Gasteiger partial charge in [0, 0.05) is 18.5 Å². The zero-order valence-corrected chi connectivity index (χ0v) is 13.0. The fourth-order valence-electron chi connectivity index (χ4n) is 2.28. The van der Waals surface area contributed by atoms with Crippen molar-refractivity contribution in [1.29, 1.82) is 0 Å². The van der Waals surface area contributed by atoms with Gasteiger partial charge in [0.2, 0.25) is 5.91 Å². The molecule has 0 fully saturated rings. The van der Waals surface area contributed by atoms with E-state index in [4.69, 9.17) is 9.47 Å². The average Bonchev–Trinajstić information content (AvgIpc) is 2.58. The number of aryl methyl sites for hydroxylation is 1. The molecule has 0 aliphatic carbocycles. The summed E-state index contributed by atoms with van der Waals surface area (Å²) < 4.78 is 10.6. The summed E-state index contributed by atoms with van der Waals surface area (Å²) in [5, 5.41) is 2.92. The lowest BCUT2D eigenvalue weighted by Gasteiger charge is -2.13.